The summed E-state index contributed by atoms with van der Waals surface area (Å²) in [6.45, 7) is 6.30. The summed E-state index contributed by atoms with van der Waals surface area (Å²) in [5.74, 6) is 0.491. The van der Waals surface area contributed by atoms with Crippen LogP contribution in [0.1, 0.15) is 26.1 Å². The van der Waals surface area contributed by atoms with Crippen LogP contribution >= 0.6 is 0 Å². The zero-order valence-corrected chi connectivity index (χ0v) is 15.3. The normalized spacial score (nSPS) is 11.9. The second-order valence-electron chi connectivity index (χ2n) is 6.02. The summed E-state index contributed by atoms with van der Waals surface area (Å²) in [6.07, 6.45) is 0.882. The van der Waals surface area contributed by atoms with Gasteiger partial charge in [0.1, 0.15) is 12.4 Å². The molecule has 0 bridgehead atoms. The first kappa shape index (κ1) is 19.6. The van der Waals surface area contributed by atoms with Crippen LogP contribution in [0.2, 0.25) is 0 Å². The van der Waals surface area contributed by atoms with Gasteiger partial charge in [0, 0.05) is 20.7 Å². The van der Waals surface area contributed by atoms with Crippen LogP contribution in [-0.4, -0.2) is 67.1 Å². The summed E-state index contributed by atoms with van der Waals surface area (Å²) < 4.78 is 31.5. The van der Waals surface area contributed by atoms with Crippen molar-refractivity contribution in [2.24, 2.45) is 5.92 Å². The minimum Gasteiger partial charge on any atom is -0.380 e. The lowest BCUT2D eigenvalue weighted by molar-refractivity contribution is -0.129. The number of ether oxygens (including phenoxy) is 1. The Balaban J connectivity index is 2.75. The fourth-order valence-corrected chi connectivity index (χ4v) is 2.95. The van der Waals surface area contributed by atoms with Gasteiger partial charge in [-0.3, -0.25) is 9.36 Å². The first-order chi connectivity index (χ1) is 10.6. The third-order valence-electron chi connectivity index (χ3n) is 3.31. The number of rotatable bonds is 9. The molecule has 1 amide bonds. The average Bonchev–Trinajstić information content (AvgIpc) is 2.80. The van der Waals surface area contributed by atoms with E-state index >= 15 is 0 Å². The maximum absolute atomic E-state index is 12.4. The molecular weight excluding hydrogens is 320 g/mol. The Hall–Kier alpha value is -1.48. The van der Waals surface area contributed by atoms with E-state index in [1.54, 1.807) is 21.0 Å². The number of carbonyl (C=O) groups is 1. The zero-order valence-electron chi connectivity index (χ0n) is 14.4. The van der Waals surface area contributed by atoms with Gasteiger partial charge in [0.25, 0.3) is 0 Å². The van der Waals surface area contributed by atoms with Gasteiger partial charge in [-0.15, -0.1) is 10.2 Å². The summed E-state index contributed by atoms with van der Waals surface area (Å²) in [6, 6.07) is 0. The maximum Gasteiger partial charge on any atom is 0.250 e. The van der Waals surface area contributed by atoms with Gasteiger partial charge in [-0.05, 0) is 19.3 Å². The number of nitrogens with zero attached hydrogens (tertiary/aromatic N) is 4. The molecule has 1 rings (SSSR count). The number of sulfone groups is 1. The van der Waals surface area contributed by atoms with Crippen molar-refractivity contribution in [2.45, 2.75) is 38.9 Å². The summed E-state index contributed by atoms with van der Waals surface area (Å²) in [4.78, 5) is 13.2. The molecule has 0 fully saturated rings. The lowest BCUT2D eigenvalue weighted by Gasteiger charge is -2.13. The van der Waals surface area contributed by atoms with E-state index in [0.29, 0.717) is 18.3 Å². The molecule has 0 aliphatic rings. The van der Waals surface area contributed by atoms with E-state index in [-0.39, 0.29) is 30.0 Å². The van der Waals surface area contributed by atoms with E-state index in [4.69, 9.17) is 4.74 Å². The van der Waals surface area contributed by atoms with Crippen LogP contribution in [0.25, 0.3) is 0 Å². The molecule has 0 atom stereocenters. The summed E-state index contributed by atoms with van der Waals surface area (Å²) >= 11 is 0. The number of aromatic nitrogens is 3. The summed E-state index contributed by atoms with van der Waals surface area (Å²) in [5.41, 5.74) is 0. The van der Waals surface area contributed by atoms with E-state index in [1.807, 2.05) is 0 Å². The molecule has 132 valence electrons. The first-order valence-electron chi connectivity index (χ1n) is 7.55. The van der Waals surface area contributed by atoms with Crippen molar-refractivity contribution >= 4 is 15.7 Å². The van der Waals surface area contributed by atoms with Crippen molar-refractivity contribution < 1.29 is 17.9 Å². The highest BCUT2D eigenvalue weighted by molar-refractivity contribution is 7.91. The van der Waals surface area contributed by atoms with Gasteiger partial charge >= 0.3 is 0 Å². The molecule has 0 radical (unpaired) electrons. The fourth-order valence-electron chi connectivity index (χ4n) is 1.73. The molecule has 9 heteroatoms. The first-order valence-corrected chi connectivity index (χ1v) is 9.21. The summed E-state index contributed by atoms with van der Waals surface area (Å²) in [7, 11) is -0.429. The van der Waals surface area contributed by atoms with Gasteiger partial charge in [-0.1, -0.05) is 13.8 Å². The molecule has 0 aliphatic heterocycles. The molecule has 0 unspecified atom stereocenters. The second-order valence-corrected chi connectivity index (χ2v) is 8.02. The van der Waals surface area contributed by atoms with Gasteiger partial charge in [0.2, 0.25) is 20.9 Å². The highest BCUT2D eigenvalue weighted by atomic mass is 32.2. The van der Waals surface area contributed by atoms with Crippen molar-refractivity contribution in [3.63, 3.8) is 0 Å². The van der Waals surface area contributed by atoms with Crippen molar-refractivity contribution in [1.82, 2.24) is 19.7 Å². The van der Waals surface area contributed by atoms with Crippen molar-refractivity contribution in [3.05, 3.63) is 5.82 Å². The molecule has 0 spiro atoms. The Morgan fingerprint density at radius 2 is 1.91 bits per heavy atom. The minimum absolute atomic E-state index is 0.0998. The van der Waals surface area contributed by atoms with Gasteiger partial charge in [-0.25, -0.2) is 8.42 Å². The van der Waals surface area contributed by atoms with Crippen LogP contribution in [0.4, 0.5) is 0 Å². The van der Waals surface area contributed by atoms with Crippen LogP contribution in [0.15, 0.2) is 5.16 Å². The Kier molecular flexibility index (Phi) is 7.14. The van der Waals surface area contributed by atoms with Crippen LogP contribution in [-0.2, 0) is 25.9 Å². The number of amides is 1. The van der Waals surface area contributed by atoms with Gasteiger partial charge in [0.15, 0.2) is 0 Å². The zero-order chi connectivity index (χ0) is 17.6. The molecule has 23 heavy (non-hydrogen) atoms. The topological polar surface area (TPSA) is 94.4 Å². The Morgan fingerprint density at radius 3 is 2.48 bits per heavy atom. The van der Waals surface area contributed by atoms with E-state index in [9.17, 15) is 13.2 Å². The highest BCUT2D eigenvalue weighted by Crippen LogP contribution is 2.11. The predicted octanol–water partition coefficient (Wildman–Crippen LogP) is 0.511. The van der Waals surface area contributed by atoms with Crippen molar-refractivity contribution in [1.29, 1.82) is 0 Å². The molecule has 0 aromatic carbocycles. The molecule has 1 aromatic heterocycles. The number of carbonyl (C=O) groups excluding carboxylic acids is 1. The number of aryl methyl sites for hydroxylation is 1. The lowest BCUT2D eigenvalue weighted by Crippen LogP contribution is -2.28. The number of hydrogen-bond acceptors (Lipinski definition) is 6. The Morgan fingerprint density at radius 1 is 1.26 bits per heavy atom. The molecule has 8 nitrogen and oxygen atoms in total. The smallest absolute Gasteiger partial charge is 0.250 e. The SMILES string of the molecule is Cc1nnc(S(=O)(=O)CCOCCC(C)C)n1CC(=O)N(C)C. The standard InChI is InChI=1S/C14H26N4O4S/c1-11(2)6-7-22-8-9-23(20,21)14-16-15-12(3)18(14)10-13(19)17(4)5/h11H,6-10H2,1-5H3. The molecule has 0 N–H and O–H groups in total. The molecular formula is C14H26N4O4S. The van der Waals surface area contributed by atoms with E-state index in [0.717, 1.165) is 6.42 Å². The van der Waals surface area contributed by atoms with Gasteiger partial charge in [-0.2, -0.15) is 0 Å². The van der Waals surface area contributed by atoms with E-state index in [1.165, 1.54) is 9.47 Å². The van der Waals surface area contributed by atoms with E-state index in [2.05, 4.69) is 24.0 Å². The maximum atomic E-state index is 12.4. The largest absolute Gasteiger partial charge is 0.380 e. The predicted molar refractivity (Wildman–Crippen MR) is 85.8 cm³/mol. The third kappa shape index (κ3) is 5.91. The van der Waals surface area contributed by atoms with Crippen molar-refractivity contribution in [3.8, 4) is 0 Å². The van der Waals surface area contributed by atoms with Gasteiger partial charge in [0.05, 0.1) is 12.4 Å². The Bertz CT molecular complexity index is 623. The Labute approximate surface area is 137 Å². The number of hydrogen-bond donors (Lipinski definition) is 0. The molecule has 1 heterocycles. The molecule has 1 aromatic rings. The molecule has 0 saturated carbocycles. The minimum atomic E-state index is -3.65. The van der Waals surface area contributed by atoms with Crippen molar-refractivity contribution in [2.75, 3.05) is 33.1 Å². The lowest BCUT2D eigenvalue weighted by atomic mass is 10.1. The number of likely N-dealkylation sites (N-methyl/N-ethyl adjacent to an activating group) is 1. The summed E-state index contributed by atoms with van der Waals surface area (Å²) in [5, 5.41) is 7.33. The quantitative estimate of drug-likeness (QED) is 0.605. The van der Waals surface area contributed by atoms with Crippen LogP contribution in [0.3, 0.4) is 0 Å². The van der Waals surface area contributed by atoms with Crippen LogP contribution in [0.5, 0.6) is 0 Å². The average molecular weight is 346 g/mol. The van der Waals surface area contributed by atoms with Crippen LogP contribution < -0.4 is 0 Å². The second kappa shape index (κ2) is 8.39. The van der Waals surface area contributed by atoms with Gasteiger partial charge < -0.3 is 9.64 Å². The van der Waals surface area contributed by atoms with E-state index < -0.39 is 9.84 Å². The molecule has 0 aliphatic carbocycles. The molecule has 0 saturated heterocycles. The third-order valence-corrected chi connectivity index (χ3v) is 4.87. The highest BCUT2D eigenvalue weighted by Gasteiger charge is 2.25. The monoisotopic (exact) mass is 346 g/mol. The van der Waals surface area contributed by atoms with Crippen LogP contribution in [0, 0.1) is 12.8 Å². The fraction of sp³-hybridized carbons (Fsp3) is 0.786.